The van der Waals surface area contributed by atoms with Gasteiger partial charge in [0.05, 0.1) is 23.2 Å². The van der Waals surface area contributed by atoms with Crippen molar-refractivity contribution < 1.29 is 14.4 Å². The summed E-state index contributed by atoms with van der Waals surface area (Å²) in [7, 11) is 0. The average molecular weight is 406 g/mol. The number of fused-ring (bicyclic) bond motifs is 1. The lowest BCUT2D eigenvalue weighted by Gasteiger charge is -2.39. The third-order valence-electron chi connectivity index (χ3n) is 6.06. The molecule has 1 fully saturated rings. The number of imide groups is 1. The fourth-order valence-corrected chi connectivity index (χ4v) is 4.15. The quantitative estimate of drug-likeness (QED) is 0.619. The molecule has 4 rings (SSSR count). The van der Waals surface area contributed by atoms with Gasteiger partial charge in [0.15, 0.2) is 0 Å². The molecule has 1 saturated heterocycles. The first-order valence-electron chi connectivity index (χ1n) is 10.1. The van der Waals surface area contributed by atoms with Crippen molar-refractivity contribution in [3.8, 4) is 0 Å². The molecule has 7 nitrogen and oxygen atoms in total. The molecule has 0 unspecified atom stereocenters. The van der Waals surface area contributed by atoms with Crippen molar-refractivity contribution in [2.24, 2.45) is 0 Å². The molecule has 2 aliphatic heterocycles. The van der Waals surface area contributed by atoms with E-state index in [1.165, 1.54) is 4.90 Å². The lowest BCUT2D eigenvalue weighted by atomic mass is 9.83. The van der Waals surface area contributed by atoms with E-state index >= 15 is 0 Å². The molecule has 0 aromatic heterocycles. The number of nitrogen functional groups attached to an aromatic ring is 1. The monoisotopic (exact) mass is 406 g/mol. The number of carbonyl (C=O) groups excluding carboxylic acids is 3. The number of nitrogens with two attached hydrogens (primary N) is 1. The number of rotatable bonds is 4. The summed E-state index contributed by atoms with van der Waals surface area (Å²) in [6.07, 6.45) is 0. The normalized spacial score (nSPS) is 17.4. The molecule has 0 saturated carbocycles. The molecule has 0 radical (unpaired) electrons. The Morgan fingerprint density at radius 3 is 2.23 bits per heavy atom. The third-order valence-corrected chi connectivity index (χ3v) is 6.06. The second kappa shape index (κ2) is 7.57. The van der Waals surface area contributed by atoms with Crippen LogP contribution in [-0.2, 0) is 10.2 Å². The maximum atomic E-state index is 13.1. The molecule has 2 N–H and O–H groups in total. The van der Waals surface area contributed by atoms with E-state index < -0.39 is 5.41 Å². The van der Waals surface area contributed by atoms with Crippen molar-refractivity contribution in [3.05, 3.63) is 65.2 Å². The van der Waals surface area contributed by atoms with Gasteiger partial charge >= 0.3 is 0 Å². The third kappa shape index (κ3) is 3.35. The first kappa shape index (κ1) is 20.1. The van der Waals surface area contributed by atoms with Crippen molar-refractivity contribution in [1.29, 1.82) is 0 Å². The van der Waals surface area contributed by atoms with E-state index in [1.54, 1.807) is 18.2 Å². The predicted octanol–water partition coefficient (Wildman–Crippen LogP) is 1.94. The van der Waals surface area contributed by atoms with E-state index in [2.05, 4.69) is 0 Å². The van der Waals surface area contributed by atoms with Gasteiger partial charge in [-0.1, -0.05) is 36.4 Å². The van der Waals surface area contributed by atoms with Gasteiger partial charge in [0.2, 0.25) is 5.91 Å². The number of hydrogen-bond acceptors (Lipinski definition) is 5. The zero-order valence-corrected chi connectivity index (χ0v) is 17.3. The Morgan fingerprint density at radius 2 is 1.60 bits per heavy atom. The number of amides is 3. The van der Waals surface area contributed by atoms with E-state index in [4.69, 9.17) is 5.73 Å². The van der Waals surface area contributed by atoms with Crippen LogP contribution in [0.15, 0.2) is 48.5 Å². The molecular formula is C23H26N4O3. The van der Waals surface area contributed by atoms with Gasteiger partial charge in [0.1, 0.15) is 0 Å². The molecule has 3 amide bonds. The Bertz CT molecular complexity index is 995. The summed E-state index contributed by atoms with van der Waals surface area (Å²) in [5.74, 6) is -0.579. The highest BCUT2D eigenvalue weighted by Gasteiger charge is 2.39. The summed E-state index contributed by atoms with van der Waals surface area (Å²) >= 11 is 0. The van der Waals surface area contributed by atoms with Crippen LogP contribution in [0.2, 0.25) is 0 Å². The van der Waals surface area contributed by atoms with Crippen LogP contribution in [0.5, 0.6) is 0 Å². The fraction of sp³-hybridized carbons (Fsp3) is 0.348. The zero-order chi connectivity index (χ0) is 21.5. The molecule has 0 atom stereocenters. The second-order valence-corrected chi connectivity index (χ2v) is 8.35. The van der Waals surface area contributed by atoms with Crippen molar-refractivity contribution >= 4 is 23.4 Å². The Labute approximate surface area is 176 Å². The smallest absolute Gasteiger partial charge is 0.264 e. The van der Waals surface area contributed by atoms with Gasteiger partial charge in [-0.25, -0.2) is 0 Å². The lowest BCUT2D eigenvalue weighted by Crippen LogP contribution is -2.55. The van der Waals surface area contributed by atoms with E-state index in [1.807, 2.05) is 54.0 Å². The lowest BCUT2D eigenvalue weighted by molar-refractivity contribution is -0.138. The Hall–Kier alpha value is -3.19. The van der Waals surface area contributed by atoms with Gasteiger partial charge < -0.3 is 10.6 Å². The number of piperazine rings is 1. The van der Waals surface area contributed by atoms with Gasteiger partial charge in [-0.05, 0) is 31.5 Å². The minimum atomic E-state index is -0.608. The molecule has 0 aliphatic carbocycles. The van der Waals surface area contributed by atoms with E-state index in [0.717, 1.165) is 5.56 Å². The maximum Gasteiger partial charge on any atom is 0.264 e. The molecule has 2 heterocycles. The van der Waals surface area contributed by atoms with Crippen molar-refractivity contribution in [2.45, 2.75) is 19.3 Å². The highest BCUT2D eigenvalue weighted by molar-refractivity contribution is 6.23. The van der Waals surface area contributed by atoms with E-state index in [0.29, 0.717) is 43.0 Å². The van der Waals surface area contributed by atoms with Crippen LogP contribution < -0.4 is 5.73 Å². The molecule has 0 bridgehead atoms. The Balaban J connectivity index is 1.39. The number of hydrogen-bond donors (Lipinski definition) is 1. The molecule has 156 valence electrons. The van der Waals surface area contributed by atoms with Crippen molar-refractivity contribution in [3.63, 3.8) is 0 Å². The van der Waals surface area contributed by atoms with Crippen molar-refractivity contribution in [2.75, 3.05) is 38.6 Å². The molecule has 2 aromatic rings. The van der Waals surface area contributed by atoms with E-state index in [-0.39, 0.29) is 24.4 Å². The SMILES string of the molecule is CC(C)(C(=O)N1CCN(CN2C(=O)c3cccc(N)c3C2=O)CC1)c1ccccc1. The van der Waals surface area contributed by atoms with Crippen LogP contribution >= 0.6 is 0 Å². The number of anilines is 1. The number of benzene rings is 2. The van der Waals surface area contributed by atoms with Gasteiger partial charge in [-0.15, -0.1) is 0 Å². The molecular weight excluding hydrogens is 380 g/mol. The molecule has 7 heteroatoms. The summed E-state index contributed by atoms with van der Waals surface area (Å²) in [6, 6.07) is 14.7. The zero-order valence-electron chi connectivity index (χ0n) is 17.3. The summed E-state index contributed by atoms with van der Waals surface area (Å²) in [6.45, 7) is 6.40. The number of nitrogens with zero attached hydrogens (tertiary/aromatic N) is 3. The number of carbonyl (C=O) groups is 3. The first-order valence-corrected chi connectivity index (χ1v) is 10.1. The molecule has 0 spiro atoms. The maximum absolute atomic E-state index is 13.1. The highest BCUT2D eigenvalue weighted by atomic mass is 16.2. The Kier molecular flexibility index (Phi) is 5.07. The van der Waals surface area contributed by atoms with Crippen LogP contribution in [0.1, 0.15) is 40.1 Å². The summed E-state index contributed by atoms with van der Waals surface area (Å²) in [5, 5.41) is 0. The van der Waals surface area contributed by atoms with Crippen LogP contribution in [0.3, 0.4) is 0 Å². The average Bonchev–Trinajstić information content (AvgIpc) is 3.00. The summed E-state index contributed by atoms with van der Waals surface area (Å²) in [5.41, 5.74) is 7.26. The van der Waals surface area contributed by atoms with Crippen LogP contribution in [-0.4, -0.2) is 65.3 Å². The summed E-state index contributed by atoms with van der Waals surface area (Å²) in [4.78, 5) is 43.6. The van der Waals surface area contributed by atoms with Gasteiger partial charge in [0, 0.05) is 31.9 Å². The predicted molar refractivity (Wildman–Crippen MR) is 114 cm³/mol. The first-order chi connectivity index (χ1) is 14.3. The highest BCUT2D eigenvalue weighted by Crippen LogP contribution is 2.29. The van der Waals surface area contributed by atoms with Crippen molar-refractivity contribution in [1.82, 2.24) is 14.7 Å². The van der Waals surface area contributed by atoms with Gasteiger partial charge in [-0.3, -0.25) is 24.2 Å². The minimum Gasteiger partial charge on any atom is -0.398 e. The van der Waals surface area contributed by atoms with Crippen LogP contribution in [0, 0.1) is 0 Å². The largest absolute Gasteiger partial charge is 0.398 e. The van der Waals surface area contributed by atoms with Gasteiger partial charge in [-0.2, -0.15) is 0 Å². The Morgan fingerprint density at radius 1 is 0.933 bits per heavy atom. The fourth-order valence-electron chi connectivity index (χ4n) is 4.15. The van der Waals surface area contributed by atoms with Crippen LogP contribution in [0.4, 0.5) is 5.69 Å². The second-order valence-electron chi connectivity index (χ2n) is 8.35. The molecule has 2 aliphatic rings. The van der Waals surface area contributed by atoms with Gasteiger partial charge in [0.25, 0.3) is 11.8 Å². The summed E-state index contributed by atoms with van der Waals surface area (Å²) < 4.78 is 0. The standard InChI is InChI=1S/C23H26N4O3/c1-23(2,16-7-4-3-5-8-16)22(30)26-13-11-25(12-14-26)15-27-20(28)17-9-6-10-18(24)19(17)21(27)29/h3-10H,11-15,24H2,1-2H3. The molecule has 2 aromatic carbocycles. The topological polar surface area (TPSA) is 87.0 Å². The van der Waals surface area contributed by atoms with E-state index in [9.17, 15) is 14.4 Å². The van der Waals surface area contributed by atoms with Crippen LogP contribution in [0.25, 0.3) is 0 Å². The molecule has 30 heavy (non-hydrogen) atoms. The minimum absolute atomic E-state index is 0.0850.